The maximum absolute atomic E-state index is 13.6. The summed E-state index contributed by atoms with van der Waals surface area (Å²) in [6.45, 7) is 7.08. The van der Waals surface area contributed by atoms with E-state index in [0.29, 0.717) is 48.3 Å². The Balaban J connectivity index is 1.34. The monoisotopic (exact) mass is 546 g/mol. The molecule has 3 aromatic rings. The number of fused-ring (bicyclic) bond motifs is 2. The summed E-state index contributed by atoms with van der Waals surface area (Å²) in [6.07, 6.45) is 0.505. The molecule has 5 rings (SSSR count). The van der Waals surface area contributed by atoms with Gasteiger partial charge in [-0.15, -0.1) is 0 Å². The van der Waals surface area contributed by atoms with Gasteiger partial charge in [-0.3, -0.25) is 9.59 Å². The Hall–Kier alpha value is -3.80. The van der Waals surface area contributed by atoms with Crippen LogP contribution < -0.4 is 9.64 Å². The van der Waals surface area contributed by atoms with Gasteiger partial charge in [0.1, 0.15) is 30.2 Å². The summed E-state index contributed by atoms with van der Waals surface area (Å²) in [5.41, 5.74) is 3.14. The van der Waals surface area contributed by atoms with Crippen LogP contribution in [0.3, 0.4) is 0 Å². The number of likely N-dealkylation sites (N-methyl/N-ethyl adjacent to an activating group) is 1. The average molecular weight is 547 g/mol. The zero-order valence-electron chi connectivity index (χ0n) is 22.5. The van der Waals surface area contributed by atoms with Crippen LogP contribution >= 0.6 is 11.6 Å². The van der Waals surface area contributed by atoms with E-state index in [4.69, 9.17) is 21.1 Å². The quantitative estimate of drug-likeness (QED) is 0.459. The fraction of sp³-hybridized carbons (Fsp3) is 0.367. The zero-order valence-corrected chi connectivity index (χ0v) is 23.3. The second-order valence-corrected chi connectivity index (χ2v) is 11.0. The van der Waals surface area contributed by atoms with E-state index in [-0.39, 0.29) is 29.7 Å². The van der Waals surface area contributed by atoms with Crippen LogP contribution in [0.5, 0.6) is 5.75 Å². The molecule has 0 spiro atoms. The largest absolute Gasteiger partial charge is 0.489 e. The number of rotatable bonds is 4. The van der Waals surface area contributed by atoms with Gasteiger partial charge in [-0.05, 0) is 51.0 Å². The number of benzene rings is 2. The molecule has 9 heteroatoms. The van der Waals surface area contributed by atoms with Gasteiger partial charge in [0.05, 0.1) is 17.8 Å². The van der Waals surface area contributed by atoms with Crippen LogP contribution in [-0.4, -0.2) is 64.9 Å². The normalized spacial score (nSPS) is 17.1. The lowest BCUT2D eigenvalue weighted by atomic mass is 10.0. The number of carbonyl (C=O) groups excluding carboxylic acids is 2. The molecular formula is C30H31ClN4O4. The van der Waals surface area contributed by atoms with Crippen molar-refractivity contribution < 1.29 is 19.1 Å². The molecule has 2 aliphatic heterocycles. The van der Waals surface area contributed by atoms with Crippen molar-refractivity contribution in [1.82, 2.24) is 14.7 Å². The van der Waals surface area contributed by atoms with Crippen molar-refractivity contribution in [2.45, 2.75) is 45.4 Å². The van der Waals surface area contributed by atoms with Crippen LogP contribution in [0.2, 0.25) is 5.15 Å². The van der Waals surface area contributed by atoms with E-state index < -0.39 is 6.04 Å². The Morgan fingerprint density at radius 1 is 1.15 bits per heavy atom. The van der Waals surface area contributed by atoms with Crippen molar-refractivity contribution in [3.63, 3.8) is 0 Å². The molecular weight excluding hydrogens is 516 g/mol. The number of nitrogens with zero attached hydrogens (tertiary/aromatic N) is 4. The molecule has 2 aromatic carbocycles. The lowest BCUT2D eigenvalue weighted by Crippen LogP contribution is -2.54. The lowest BCUT2D eigenvalue weighted by molar-refractivity contribution is -0.123. The molecule has 0 aliphatic carbocycles. The van der Waals surface area contributed by atoms with Gasteiger partial charge in [0, 0.05) is 24.7 Å². The van der Waals surface area contributed by atoms with Crippen molar-refractivity contribution >= 4 is 29.1 Å². The van der Waals surface area contributed by atoms with E-state index in [0.717, 1.165) is 11.1 Å². The molecule has 0 saturated heterocycles. The molecule has 0 saturated carbocycles. The van der Waals surface area contributed by atoms with Crippen LogP contribution in [0, 0.1) is 11.8 Å². The van der Waals surface area contributed by atoms with Crippen LogP contribution in [0.25, 0.3) is 0 Å². The van der Waals surface area contributed by atoms with E-state index in [9.17, 15) is 9.59 Å². The minimum Gasteiger partial charge on any atom is -0.489 e. The predicted octanol–water partition coefficient (Wildman–Crippen LogP) is 4.17. The smallest absolute Gasteiger partial charge is 0.275 e. The first-order valence-corrected chi connectivity index (χ1v) is 13.3. The molecule has 1 unspecified atom stereocenters. The Morgan fingerprint density at radius 3 is 2.67 bits per heavy atom. The molecule has 8 nitrogen and oxygen atoms in total. The number of ether oxygens (including phenoxy) is 2. The second-order valence-electron chi connectivity index (χ2n) is 10.6. The van der Waals surface area contributed by atoms with Gasteiger partial charge in [-0.2, -0.15) is 5.10 Å². The third-order valence-corrected chi connectivity index (χ3v) is 7.17. The highest BCUT2D eigenvalue weighted by atomic mass is 35.5. The first-order valence-electron chi connectivity index (χ1n) is 12.9. The highest BCUT2D eigenvalue weighted by Gasteiger charge is 2.40. The summed E-state index contributed by atoms with van der Waals surface area (Å²) in [5, 5.41) is 5.00. The van der Waals surface area contributed by atoms with Crippen LogP contribution in [0.4, 0.5) is 5.69 Å². The highest BCUT2D eigenvalue weighted by Crippen LogP contribution is 2.34. The van der Waals surface area contributed by atoms with E-state index in [1.54, 1.807) is 16.6 Å². The minimum absolute atomic E-state index is 0.0275. The molecule has 0 N–H and O–H groups in total. The van der Waals surface area contributed by atoms with Crippen molar-refractivity contribution in [3.05, 3.63) is 76.1 Å². The topological polar surface area (TPSA) is 76.9 Å². The average Bonchev–Trinajstić information content (AvgIpc) is 3.16. The van der Waals surface area contributed by atoms with Gasteiger partial charge in [0.15, 0.2) is 5.69 Å². The summed E-state index contributed by atoms with van der Waals surface area (Å²) in [6, 6.07) is 14.5. The van der Waals surface area contributed by atoms with Crippen LogP contribution in [0.1, 0.15) is 48.0 Å². The predicted molar refractivity (Wildman–Crippen MR) is 149 cm³/mol. The molecule has 202 valence electrons. The number of carbonyl (C=O) groups is 2. The molecule has 0 radical (unpaired) electrons. The fourth-order valence-electron chi connectivity index (χ4n) is 4.68. The first kappa shape index (κ1) is 26.8. The lowest BCUT2D eigenvalue weighted by Gasteiger charge is -2.33. The number of amides is 2. The van der Waals surface area contributed by atoms with E-state index in [1.807, 2.05) is 69.3 Å². The number of anilines is 1. The van der Waals surface area contributed by atoms with Crippen molar-refractivity contribution in [3.8, 4) is 17.6 Å². The maximum Gasteiger partial charge on any atom is 0.275 e. The Kier molecular flexibility index (Phi) is 7.39. The minimum atomic E-state index is -0.796. The van der Waals surface area contributed by atoms with E-state index in [2.05, 4.69) is 16.9 Å². The van der Waals surface area contributed by atoms with Gasteiger partial charge in [-0.25, -0.2) is 4.68 Å². The SMILES string of the molecule is CN1C(=O)C(N2CCc3c(nn(Cc4ccccc4)c3Cl)C2=O)COc2cc(C#CCOC(C)(C)C)ccc21. The third-order valence-electron chi connectivity index (χ3n) is 6.74. The standard InChI is InChI=1S/C30H31ClN4O4/c1-30(2,3)39-16-8-11-20-12-13-23-25(17-20)38-19-24(28(36)33(23)4)34-15-14-22-26(29(34)37)32-35(27(22)31)18-21-9-6-5-7-10-21/h5-7,9-10,12-13,17,24H,14-16,18-19H2,1-4H3. The van der Waals surface area contributed by atoms with Gasteiger partial charge in [-0.1, -0.05) is 53.8 Å². The van der Waals surface area contributed by atoms with Crippen LogP contribution in [0.15, 0.2) is 48.5 Å². The number of halogens is 1. The van der Waals surface area contributed by atoms with Gasteiger partial charge >= 0.3 is 0 Å². The number of aromatic nitrogens is 2. The third kappa shape index (κ3) is 5.65. The highest BCUT2D eigenvalue weighted by molar-refractivity contribution is 6.31. The van der Waals surface area contributed by atoms with Crippen molar-refractivity contribution in [2.24, 2.45) is 0 Å². The Morgan fingerprint density at radius 2 is 1.92 bits per heavy atom. The zero-order chi connectivity index (χ0) is 27.7. The van der Waals surface area contributed by atoms with Gasteiger partial charge < -0.3 is 19.3 Å². The first-order chi connectivity index (χ1) is 18.6. The molecule has 0 bridgehead atoms. The molecule has 1 atom stereocenters. The fourth-order valence-corrected chi connectivity index (χ4v) is 4.96. The van der Waals surface area contributed by atoms with E-state index in [1.165, 1.54) is 4.90 Å². The molecule has 39 heavy (non-hydrogen) atoms. The summed E-state index contributed by atoms with van der Waals surface area (Å²) in [5.74, 6) is 6.09. The summed E-state index contributed by atoms with van der Waals surface area (Å²) < 4.78 is 13.4. The molecule has 2 amide bonds. The molecule has 2 aliphatic rings. The van der Waals surface area contributed by atoms with Crippen molar-refractivity contribution in [2.75, 3.05) is 31.7 Å². The second kappa shape index (κ2) is 10.8. The Labute approximate surface area is 233 Å². The Bertz CT molecular complexity index is 1470. The van der Waals surface area contributed by atoms with E-state index >= 15 is 0 Å². The molecule has 3 heterocycles. The van der Waals surface area contributed by atoms with Gasteiger partial charge in [0.2, 0.25) is 0 Å². The van der Waals surface area contributed by atoms with Gasteiger partial charge in [0.25, 0.3) is 11.8 Å². The summed E-state index contributed by atoms with van der Waals surface area (Å²) in [4.78, 5) is 30.2. The summed E-state index contributed by atoms with van der Waals surface area (Å²) >= 11 is 6.62. The van der Waals surface area contributed by atoms with Crippen LogP contribution in [-0.2, 0) is 22.5 Å². The molecule has 0 fully saturated rings. The number of hydrogen-bond acceptors (Lipinski definition) is 5. The summed E-state index contributed by atoms with van der Waals surface area (Å²) in [7, 11) is 1.69. The molecule has 1 aromatic heterocycles. The van der Waals surface area contributed by atoms with Crippen molar-refractivity contribution in [1.29, 1.82) is 0 Å². The maximum atomic E-state index is 13.6. The number of hydrogen-bond donors (Lipinski definition) is 0.